The van der Waals surface area contributed by atoms with Gasteiger partial charge < -0.3 is 14.8 Å². The van der Waals surface area contributed by atoms with Crippen LogP contribution in [0, 0.1) is 0 Å². The van der Waals surface area contributed by atoms with Crippen LogP contribution in [0.2, 0.25) is 0 Å². The minimum Gasteiger partial charge on any atom is -0.508 e. The number of aromatic amines is 1. The van der Waals surface area contributed by atoms with Gasteiger partial charge in [-0.15, -0.1) is 0 Å². The minimum absolute atomic E-state index is 0.249. The highest BCUT2D eigenvalue weighted by atomic mass is 16.5. The fourth-order valence-electron chi connectivity index (χ4n) is 1.70. The molecule has 0 radical (unpaired) electrons. The standard InChI is InChI=1S/C13H11N3O2/c17-10-3-1-9(2-4-10)7-18-11-5-6-14-13-12(11)15-8-16-13/h1-6,8,17H,7H2,(H,14,15,16). The van der Waals surface area contributed by atoms with Crippen molar-refractivity contribution < 1.29 is 9.84 Å². The summed E-state index contributed by atoms with van der Waals surface area (Å²) in [4.78, 5) is 11.2. The summed E-state index contributed by atoms with van der Waals surface area (Å²) in [5.74, 6) is 0.962. The second-order valence-corrected chi connectivity index (χ2v) is 3.87. The molecule has 0 fully saturated rings. The van der Waals surface area contributed by atoms with Crippen LogP contribution in [0.3, 0.4) is 0 Å². The van der Waals surface area contributed by atoms with Crippen molar-refractivity contribution in [2.24, 2.45) is 0 Å². The Kier molecular flexibility index (Phi) is 2.57. The number of phenols is 1. The smallest absolute Gasteiger partial charge is 0.181 e. The minimum atomic E-state index is 0.249. The number of benzene rings is 1. The Hall–Kier alpha value is -2.56. The number of H-pyrrole nitrogens is 1. The average molecular weight is 241 g/mol. The molecule has 18 heavy (non-hydrogen) atoms. The zero-order chi connectivity index (χ0) is 12.4. The number of nitrogens with zero attached hydrogens (tertiary/aromatic N) is 2. The lowest BCUT2D eigenvalue weighted by Gasteiger charge is -2.06. The van der Waals surface area contributed by atoms with E-state index in [2.05, 4.69) is 15.0 Å². The Morgan fingerprint density at radius 3 is 2.78 bits per heavy atom. The van der Waals surface area contributed by atoms with Gasteiger partial charge in [-0.25, -0.2) is 9.97 Å². The van der Waals surface area contributed by atoms with E-state index in [-0.39, 0.29) is 5.75 Å². The number of phenolic OH excluding ortho intramolecular Hbond substituents is 1. The molecule has 0 aliphatic carbocycles. The number of hydrogen-bond donors (Lipinski definition) is 2. The van der Waals surface area contributed by atoms with Crippen LogP contribution < -0.4 is 4.74 Å². The van der Waals surface area contributed by atoms with Crippen LogP contribution in [-0.4, -0.2) is 20.1 Å². The third-order valence-corrected chi connectivity index (χ3v) is 2.62. The van der Waals surface area contributed by atoms with Crippen molar-refractivity contribution >= 4 is 11.2 Å². The number of imidazole rings is 1. The van der Waals surface area contributed by atoms with Crippen molar-refractivity contribution in [1.82, 2.24) is 15.0 Å². The molecule has 2 heterocycles. The van der Waals surface area contributed by atoms with Crippen molar-refractivity contribution in [1.29, 1.82) is 0 Å². The fraction of sp³-hybridized carbons (Fsp3) is 0.0769. The second-order valence-electron chi connectivity index (χ2n) is 3.87. The molecule has 0 saturated carbocycles. The molecule has 5 heteroatoms. The molecule has 0 unspecified atom stereocenters. The molecular formula is C13H11N3O2. The maximum atomic E-state index is 9.19. The largest absolute Gasteiger partial charge is 0.508 e. The fourth-order valence-corrected chi connectivity index (χ4v) is 1.70. The van der Waals surface area contributed by atoms with E-state index in [1.54, 1.807) is 30.7 Å². The Morgan fingerprint density at radius 1 is 1.11 bits per heavy atom. The average Bonchev–Trinajstić information content (AvgIpc) is 2.87. The van der Waals surface area contributed by atoms with Gasteiger partial charge in [0.25, 0.3) is 0 Å². The van der Waals surface area contributed by atoms with Gasteiger partial charge in [0.15, 0.2) is 5.65 Å². The van der Waals surface area contributed by atoms with Crippen molar-refractivity contribution in [3.63, 3.8) is 0 Å². The summed E-state index contributed by atoms with van der Waals surface area (Å²) in [5, 5.41) is 9.19. The van der Waals surface area contributed by atoms with Crippen LogP contribution in [0.25, 0.3) is 11.2 Å². The zero-order valence-corrected chi connectivity index (χ0v) is 9.50. The predicted octanol–water partition coefficient (Wildman–Crippen LogP) is 2.24. The third kappa shape index (κ3) is 1.98. The number of aromatic nitrogens is 3. The molecule has 90 valence electrons. The molecule has 0 amide bonds. The number of ether oxygens (including phenoxy) is 1. The van der Waals surface area contributed by atoms with Gasteiger partial charge >= 0.3 is 0 Å². The van der Waals surface area contributed by atoms with E-state index in [0.29, 0.717) is 18.0 Å². The summed E-state index contributed by atoms with van der Waals surface area (Å²) in [6.07, 6.45) is 3.25. The Labute approximate surface area is 103 Å². The summed E-state index contributed by atoms with van der Waals surface area (Å²) in [5.41, 5.74) is 2.41. The maximum absolute atomic E-state index is 9.19. The van der Waals surface area contributed by atoms with Crippen LogP contribution in [0.15, 0.2) is 42.9 Å². The molecular weight excluding hydrogens is 230 g/mol. The number of pyridine rings is 1. The van der Waals surface area contributed by atoms with Crippen LogP contribution >= 0.6 is 0 Å². The Bertz CT molecular complexity index is 661. The highest BCUT2D eigenvalue weighted by molar-refractivity contribution is 5.77. The number of fused-ring (bicyclic) bond motifs is 1. The van der Waals surface area contributed by atoms with Crippen molar-refractivity contribution in [2.45, 2.75) is 6.61 Å². The molecule has 0 aliphatic rings. The van der Waals surface area contributed by atoms with Crippen LogP contribution in [-0.2, 0) is 6.61 Å². The van der Waals surface area contributed by atoms with Gasteiger partial charge in [0.05, 0.1) is 6.33 Å². The molecule has 1 aromatic carbocycles. The predicted molar refractivity (Wildman–Crippen MR) is 66.3 cm³/mol. The molecule has 0 aliphatic heterocycles. The monoisotopic (exact) mass is 241 g/mol. The quantitative estimate of drug-likeness (QED) is 0.737. The second kappa shape index (κ2) is 4.37. The summed E-state index contributed by atoms with van der Waals surface area (Å²) >= 11 is 0. The number of nitrogens with one attached hydrogen (secondary N) is 1. The SMILES string of the molecule is Oc1ccc(COc2ccnc3nc[nH]c23)cc1. The van der Waals surface area contributed by atoms with Gasteiger partial charge in [-0.2, -0.15) is 0 Å². The van der Waals surface area contributed by atoms with Crippen LogP contribution in [0.4, 0.5) is 0 Å². The molecule has 2 aromatic heterocycles. The highest BCUT2D eigenvalue weighted by Gasteiger charge is 2.05. The first-order chi connectivity index (χ1) is 8.83. The van der Waals surface area contributed by atoms with Gasteiger partial charge in [0.1, 0.15) is 23.6 Å². The Balaban J connectivity index is 1.80. The number of rotatable bonds is 3. The van der Waals surface area contributed by atoms with E-state index >= 15 is 0 Å². The zero-order valence-electron chi connectivity index (χ0n) is 9.50. The molecule has 3 rings (SSSR count). The van der Waals surface area contributed by atoms with E-state index in [1.165, 1.54) is 0 Å². The van der Waals surface area contributed by atoms with Gasteiger partial charge in [-0.3, -0.25) is 0 Å². The van der Waals surface area contributed by atoms with Gasteiger partial charge in [0.2, 0.25) is 0 Å². The normalized spacial score (nSPS) is 10.7. The number of aromatic hydroxyl groups is 1. The molecule has 0 saturated heterocycles. The van der Waals surface area contributed by atoms with E-state index in [4.69, 9.17) is 4.74 Å². The first-order valence-corrected chi connectivity index (χ1v) is 5.52. The van der Waals surface area contributed by atoms with E-state index in [1.807, 2.05) is 12.1 Å². The third-order valence-electron chi connectivity index (χ3n) is 2.62. The van der Waals surface area contributed by atoms with Crippen molar-refractivity contribution in [2.75, 3.05) is 0 Å². The lowest BCUT2D eigenvalue weighted by Crippen LogP contribution is -1.96. The summed E-state index contributed by atoms with van der Waals surface area (Å²) in [7, 11) is 0. The molecule has 5 nitrogen and oxygen atoms in total. The lowest BCUT2D eigenvalue weighted by atomic mass is 10.2. The lowest BCUT2D eigenvalue weighted by molar-refractivity contribution is 0.309. The first-order valence-electron chi connectivity index (χ1n) is 5.52. The molecule has 3 aromatic rings. The highest BCUT2D eigenvalue weighted by Crippen LogP contribution is 2.21. The molecule has 2 N–H and O–H groups in total. The first kappa shape index (κ1) is 10.6. The molecule has 0 spiro atoms. The van der Waals surface area contributed by atoms with Crippen LogP contribution in [0.5, 0.6) is 11.5 Å². The topological polar surface area (TPSA) is 71.0 Å². The van der Waals surface area contributed by atoms with Crippen molar-refractivity contribution in [3.05, 3.63) is 48.4 Å². The van der Waals surface area contributed by atoms with Gasteiger partial charge in [-0.05, 0) is 17.7 Å². The van der Waals surface area contributed by atoms with Crippen molar-refractivity contribution in [3.8, 4) is 11.5 Å². The summed E-state index contributed by atoms with van der Waals surface area (Å²) < 4.78 is 5.71. The molecule has 0 atom stereocenters. The summed E-state index contributed by atoms with van der Waals surface area (Å²) in [6.45, 7) is 0.429. The number of hydrogen-bond acceptors (Lipinski definition) is 4. The van der Waals surface area contributed by atoms with Crippen LogP contribution in [0.1, 0.15) is 5.56 Å². The van der Waals surface area contributed by atoms with E-state index in [9.17, 15) is 5.11 Å². The maximum Gasteiger partial charge on any atom is 0.181 e. The van der Waals surface area contributed by atoms with E-state index < -0.39 is 0 Å². The molecule has 0 bridgehead atoms. The van der Waals surface area contributed by atoms with Gasteiger partial charge in [-0.1, -0.05) is 12.1 Å². The Morgan fingerprint density at radius 2 is 1.94 bits per heavy atom. The van der Waals surface area contributed by atoms with Gasteiger partial charge in [0, 0.05) is 12.3 Å². The van der Waals surface area contributed by atoms with E-state index in [0.717, 1.165) is 11.1 Å². The summed E-state index contributed by atoms with van der Waals surface area (Å²) in [6, 6.07) is 8.70.